The summed E-state index contributed by atoms with van der Waals surface area (Å²) < 4.78 is 47.4. The van der Waals surface area contributed by atoms with Crippen LogP contribution in [0.2, 0.25) is 0 Å². The summed E-state index contributed by atoms with van der Waals surface area (Å²) in [6.45, 7) is 7.62. The molecule has 23 nitrogen and oxygen atoms in total. The normalized spacial score (nSPS) is 50.5. The highest BCUT2D eigenvalue weighted by Gasteiger charge is 2.63. The molecule has 13 N–H and O–H groups in total. The van der Waals surface area contributed by atoms with E-state index in [1.807, 2.05) is 13.8 Å². The van der Waals surface area contributed by atoms with Crippen molar-refractivity contribution in [1.29, 1.82) is 0 Å². The maximum absolute atomic E-state index is 14.1. The molecule has 4 heterocycles. The van der Waals surface area contributed by atoms with Crippen LogP contribution in [0.1, 0.15) is 92.4 Å². The van der Waals surface area contributed by atoms with Crippen LogP contribution >= 0.6 is 0 Å². The first-order chi connectivity index (χ1) is 35.0. The minimum Gasteiger partial charge on any atom is -0.394 e. The third kappa shape index (κ3) is 11.0. The Kier molecular flexibility index (Phi) is 18.6. The first kappa shape index (κ1) is 58.4. The van der Waals surface area contributed by atoms with Crippen LogP contribution in [0.25, 0.3) is 0 Å². The highest BCUT2D eigenvalue weighted by Crippen LogP contribution is 2.66. The van der Waals surface area contributed by atoms with Crippen LogP contribution in [0.4, 0.5) is 0 Å². The van der Waals surface area contributed by atoms with Crippen molar-refractivity contribution in [3.63, 3.8) is 0 Å². The Morgan fingerprint density at radius 2 is 1.22 bits per heavy atom. The van der Waals surface area contributed by atoms with E-state index in [4.69, 9.17) is 37.9 Å². The number of rotatable bonds is 17. The van der Waals surface area contributed by atoms with Crippen LogP contribution < -0.4 is 0 Å². The molecule has 0 amide bonds. The summed E-state index contributed by atoms with van der Waals surface area (Å²) in [6, 6.07) is 0. The Morgan fingerprint density at radius 1 is 0.649 bits per heavy atom. The molecule has 1 unspecified atom stereocenters. The van der Waals surface area contributed by atoms with Crippen LogP contribution in [0.3, 0.4) is 0 Å². The topological polar surface area (TPSA) is 371 Å². The lowest BCUT2D eigenvalue weighted by molar-refractivity contribution is -0.389. The fraction of sp³-hybridized carbons (Fsp3) is 0.922. The Morgan fingerprint density at radius 3 is 1.85 bits per heavy atom. The van der Waals surface area contributed by atoms with Gasteiger partial charge in [-0.3, -0.25) is 9.59 Å². The van der Waals surface area contributed by atoms with Gasteiger partial charge in [-0.15, -0.1) is 0 Å². The van der Waals surface area contributed by atoms with Crippen molar-refractivity contribution in [1.82, 2.24) is 0 Å². The van der Waals surface area contributed by atoms with Gasteiger partial charge in [0, 0.05) is 24.7 Å². The predicted octanol–water partition coefficient (Wildman–Crippen LogP) is -2.96. The van der Waals surface area contributed by atoms with E-state index < -0.39 is 166 Å². The van der Waals surface area contributed by atoms with E-state index >= 15 is 0 Å². The Hall–Kier alpha value is -1.76. The molecule has 3 saturated carbocycles. The number of allylic oxidation sites excluding steroid dienone is 1. The molecule has 8 aliphatic rings. The maximum Gasteiger partial charge on any atom is 0.187 e. The molecule has 4 saturated heterocycles. The number of ketones is 2. The van der Waals surface area contributed by atoms with Gasteiger partial charge < -0.3 is 104 Å². The molecule has 74 heavy (non-hydrogen) atoms. The average Bonchev–Trinajstić information content (AvgIpc) is 3.66. The van der Waals surface area contributed by atoms with Gasteiger partial charge in [0.05, 0.1) is 38.6 Å². The molecule has 23 heteroatoms. The Bertz CT molecular complexity index is 1940. The van der Waals surface area contributed by atoms with Crippen LogP contribution in [0.5, 0.6) is 0 Å². The molecule has 8 rings (SSSR count). The fourth-order valence-corrected chi connectivity index (χ4v) is 14.0. The highest BCUT2D eigenvalue weighted by molar-refractivity contribution is 5.92. The molecular formula is C51H82O23. The smallest absolute Gasteiger partial charge is 0.187 e. The van der Waals surface area contributed by atoms with Crippen molar-refractivity contribution < 1.29 is 114 Å². The fourth-order valence-electron chi connectivity index (χ4n) is 14.0. The van der Waals surface area contributed by atoms with Gasteiger partial charge in [-0.1, -0.05) is 39.3 Å². The zero-order valence-electron chi connectivity index (χ0n) is 42.8. The van der Waals surface area contributed by atoms with Crippen molar-refractivity contribution in [2.45, 2.75) is 221 Å². The van der Waals surface area contributed by atoms with E-state index in [-0.39, 0.29) is 53.7 Å². The monoisotopic (exact) mass is 1060 g/mol. The molecule has 0 aromatic heterocycles. The molecule has 0 aromatic rings. The predicted molar refractivity (Wildman–Crippen MR) is 250 cm³/mol. The van der Waals surface area contributed by atoms with Gasteiger partial charge in [0.1, 0.15) is 103 Å². The first-order valence-electron chi connectivity index (χ1n) is 26.6. The molecule has 29 atom stereocenters. The molecule has 0 radical (unpaired) electrons. The highest BCUT2D eigenvalue weighted by atomic mass is 16.8. The number of fused-ring (bicyclic) bond motifs is 5. The SMILES string of the molecule is C[C@@H](CCC(=O)[C@@H](C)[C@@H]1C(=O)C[C@H]2[C@@H]3CC=C4CC(O[C@@H]5O[C@H](CO)[C@@H](O[C@H]6O[C@H](CO)[C@@H](O)[C@H](O)[C@H]6O)[C@H](O)[C@H]5O[C@H]5O[C@@H](C)[C@H](O)[C@@H](O)[C@H]5O)CC[C@]4(C)[C@H]3CC[C@@]21C)CO[C@@H]1O[C@H](CO)[C@@H](O)[C@H](O)[C@H]1O. The van der Waals surface area contributed by atoms with Gasteiger partial charge in [0.25, 0.3) is 0 Å². The zero-order chi connectivity index (χ0) is 53.9. The molecule has 7 fully saturated rings. The first-order valence-corrected chi connectivity index (χ1v) is 26.6. The number of aliphatic hydroxyl groups excluding tert-OH is 13. The lowest BCUT2D eigenvalue weighted by Gasteiger charge is -2.58. The lowest BCUT2D eigenvalue weighted by Crippen LogP contribution is -2.67. The summed E-state index contributed by atoms with van der Waals surface area (Å²) in [7, 11) is 0. The summed E-state index contributed by atoms with van der Waals surface area (Å²) in [6.07, 6.45) is -24.0. The van der Waals surface area contributed by atoms with Gasteiger partial charge in [-0.2, -0.15) is 0 Å². The second-order valence-corrected chi connectivity index (χ2v) is 23.2. The van der Waals surface area contributed by atoms with Gasteiger partial charge >= 0.3 is 0 Å². The third-order valence-electron chi connectivity index (χ3n) is 18.6. The van der Waals surface area contributed by atoms with E-state index in [1.165, 1.54) is 12.5 Å². The molecule has 424 valence electrons. The molecule has 4 aliphatic carbocycles. The quantitative estimate of drug-likeness (QED) is 0.0648. The molecular weight excluding hydrogens is 981 g/mol. The van der Waals surface area contributed by atoms with Crippen LogP contribution in [-0.2, 0) is 47.5 Å². The standard InChI is InChI=1S/C51H82O23/c1-20(19-67-46-40(63)38(61)35(58)30(16-52)70-46)6-9-28(55)21(2)33-29(56)15-27-25-8-7-23-14-24(10-12-50(23,4)26(25)11-13-51(27,33)5)69-49-45(74-47-41(64)37(60)34(57)22(3)68-47)43(66)44(32(18-54)72-49)73-48-42(65)39(62)36(59)31(17-53)71-48/h7,20-22,24-27,30-49,52-54,57-66H,6,8-19H2,1-5H3/t20-,21+,22-,24?,25+,26-,27-,30+,31+,32+,33+,34-,35+,36+,37+,38-,39-,40+,41+,42+,43-,44+,45+,46+,47+,48+,49+,50-,51-/m0/s1. The minimum absolute atomic E-state index is 0.0131. The van der Waals surface area contributed by atoms with E-state index in [0.29, 0.717) is 38.5 Å². The maximum atomic E-state index is 14.1. The third-order valence-corrected chi connectivity index (χ3v) is 18.6. The number of carbonyl (C=O) groups excluding carboxylic acids is 2. The van der Waals surface area contributed by atoms with Crippen molar-refractivity contribution in [3.8, 4) is 0 Å². The van der Waals surface area contributed by atoms with Gasteiger partial charge in [-0.05, 0) is 86.4 Å². The number of ether oxygens (including phenoxy) is 8. The summed E-state index contributed by atoms with van der Waals surface area (Å²) in [5.74, 6) is -0.523. The number of Topliss-reactive ketones (excluding diaryl/α,β-unsaturated/α-hetero) is 2. The number of hydrogen-bond acceptors (Lipinski definition) is 23. The van der Waals surface area contributed by atoms with Crippen LogP contribution in [0.15, 0.2) is 11.6 Å². The summed E-state index contributed by atoms with van der Waals surface area (Å²) in [5.41, 5.74) is 0.520. The Balaban J connectivity index is 0.919. The molecule has 0 bridgehead atoms. The van der Waals surface area contributed by atoms with Crippen molar-refractivity contribution in [2.24, 2.45) is 46.3 Å². The summed E-state index contributed by atoms with van der Waals surface area (Å²) >= 11 is 0. The van der Waals surface area contributed by atoms with Crippen molar-refractivity contribution in [2.75, 3.05) is 26.4 Å². The Labute approximate surface area is 430 Å². The molecule has 0 aromatic carbocycles. The number of hydrogen-bond donors (Lipinski definition) is 13. The van der Waals surface area contributed by atoms with Crippen LogP contribution in [-0.4, -0.2) is 233 Å². The number of carbonyl (C=O) groups is 2. The van der Waals surface area contributed by atoms with Gasteiger partial charge in [0.2, 0.25) is 0 Å². The zero-order valence-corrected chi connectivity index (χ0v) is 42.8. The summed E-state index contributed by atoms with van der Waals surface area (Å²) in [4.78, 5) is 28.0. The van der Waals surface area contributed by atoms with Gasteiger partial charge in [0.15, 0.2) is 25.2 Å². The largest absolute Gasteiger partial charge is 0.394 e. The average molecular weight is 1060 g/mol. The van der Waals surface area contributed by atoms with Gasteiger partial charge in [-0.25, -0.2) is 0 Å². The van der Waals surface area contributed by atoms with E-state index in [2.05, 4.69) is 19.9 Å². The van der Waals surface area contributed by atoms with Crippen molar-refractivity contribution >= 4 is 11.6 Å². The molecule has 4 aliphatic heterocycles. The summed E-state index contributed by atoms with van der Waals surface area (Å²) in [5, 5.41) is 136. The van der Waals surface area contributed by atoms with E-state index in [9.17, 15) is 76.0 Å². The molecule has 0 spiro atoms. The lowest BCUT2D eigenvalue weighted by atomic mass is 9.47. The van der Waals surface area contributed by atoms with E-state index in [1.54, 1.807) is 0 Å². The van der Waals surface area contributed by atoms with E-state index in [0.717, 1.165) is 12.8 Å². The number of aliphatic hydroxyl groups is 13. The van der Waals surface area contributed by atoms with Crippen molar-refractivity contribution in [3.05, 3.63) is 11.6 Å². The van der Waals surface area contributed by atoms with Crippen LogP contribution in [0, 0.1) is 46.3 Å². The minimum atomic E-state index is -1.87. The second kappa shape index (κ2) is 23.5. The second-order valence-electron chi connectivity index (χ2n) is 23.2.